The molecular weight excluding hydrogens is 483 g/mol. The summed E-state index contributed by atoms with van der Waals surface area (Å²) in [6, 6.07) is 6.91. The van der Waals surface area contributed by atoms with E-state index in [1.807, 2.05) is 20.0 Å². The summed E-state index contributed by atoms with van der Waals surface area (Å²) in [7, 11) is 1.86. The van der Waals surface area contributed by atoms with Crippen molar-refractivity contribution in [1.29, 1.82) is 0 Å². The third-order valence-corrected chi connectivity index (χ3v) is 3.68. The summed E-state index contributed by atoms with van der Waals surface area (Å²) in [5, 5.41) is 10.4. The van der Waals surface area contributed by atoms with Crippen LogP contribution in [0.4, 0.5) is 8.78 Å². The van der Waals surface area contributed by atoms with Crippen molar-refractivity contribution in [3.8, 4) is 11.5 Å². The first kappa shape index (κ1) is 23.9. The fraction of sp³-hybridized carbons (Fsp3) is 0.444. The van der Waals surface area contributed by atoms with Gasteiger partial charge in [-0.3, -0.25) is 4.68 Å². The lowest BCUT2D eigenvalue weighted by atomic mass is 10.2. The minimum Gasteiger partial charge on any atom is -0.490 e. The van der Waals surface area contributed by atoms with Crippen LogP contribution < -0.4 is 20.1 Å². The molecule has 1 heterocycles. The van der Waals surface area contributed by atoms with E-state index in [1.165, 1.54) is 0 Å². The van der Waals surface area contributed by atoms with Crippen molar-refractivity contribution in [2.45, 2.75) is 33.5 Å². The molecule has 0 aliphatic carbocycles. The molecule has 0 atom stereocenters. The van der Waals surface area contributed by atoms with E-state index in [4.69, 9.17) is 4.74 Å². The monoisotopic (exact) mass is 509 g/mol. The van der Waals surface area contributed by atoms with Crippen molar-refractivity contribution in [2.24, 2.45) is 12.0 Å². The normalized spacial score (nSPS) is 11.1. The van der Waals surface area contributed by atoms with E-state index in [-0.39, 0.29) is 42.0 Å². The maximum Gasteiger partial charge on any atom is 0.387 e. The predicted molar refractivity (Wildman–Crippen MR) is 115 cm³/mol. The van der Waals surface area contributed by atoms with Crippen LogP contribution >= 0.6 is 24.0 Å². The van der Waals surface area contributed by atoms with Crippen LogP contribution in [0, 0.1) is 0 Å². The van der Waals surface area contributed by atoms with Crippen LogP contribution in [0.3, 0.4) is 0 Å². The Morgan fingerprint density at radius 3 is 2.64 bits per heavy atom. The van der Waals surface area contributed by atoms with Gasteiger partial charge in [-0.25, -0.2) is 4.99 Å². The van der Waals surface area contributed by atoms with Gasteiger partial charge in [0.1, 0.15) is 0 Å². The number of aliphatic imine (C=N–C) groups is 1. The minimum atomic E-state index is -2.94. The predicted octanol–water partition coefficient (Wildman–Crippen LogP) is 3.29. The van der Waals surface area contributed by atoms with Gasteiger partial charge in [0.15, 0.2) is 17.5 Å². The molecule has 28 heavy (non-hydrogen) atoms. The van der Waals surface area contributed by atoms with Gasteiger partial charge in [-0.15, -0.1) is 24.0 Å². The van der Waals surface area contributed by atoms with Gasteiger partial charge in [0.2, 0.25) is 0 Å². The third-order valence-electron chi connectivity index (χ3n) is 3.68. The van der Waals surface area contributed by atoms with E-state index in [9.17, 15) is 8.78 Å². The number of para-hydroxylation sites is 1. The molecule has 0 radical (unpaired) electrons. The molecule has 2 aromatic rings. The first-order valence-electron chi connectivity index (χ1n) is 8.73. The zero-order valence-corrected chi connectivity index (χ0v) is 18.4. The van der Waals surface area contributed by atoms with Crippen LogP contribution in [0.2, 0.25) is 0 Å². The summed E-state index contributed by atoms with van der Waals surface area (Å²) < 4.78 is 37.5. The number of rotatable bonds is 9. The molecule has 0 bridgehead atoms. The number of halogens is 3. The third kappa shape index (κ3) is 7.13. The van der Waals surface area contributed by atoms with Crippen molar-refractivity contribution in [3.05, 3.63) is 41.7 Å². The summed E-state index contributed by atoms with van der Waals surface area (Å²) in [4.78, 5) is 4.47. The number of nitrogens with zero attached hydrogens (tertiary/aromatic N) is 3. The Hall–Kier alpha value is -2.11. The fourth-order valence-electron chi connectivity index (χ4n) is 2.43. The van der Waals surface area contributed by atoms with Crippen LogP contribution in [0.25, 0.3) is 0 Å². The van der Waals surface area contributed by atoms with Crippen molar-refractivity contribution in [3.63, 3.8) is 0 Å². The average Bonchev–Trinajstić information content (AvgIpc) is 3.04. The molecule has 0 amide bonds. The lowest BCUT2D eigenvalue weighted by Gasteiger charge is -2.15. The molecule has 0 aliphatic rings. The Kier molecular flexibility index (Phi) is 10.6. The highest BCUT2D eigenvalue weighted by molar-refractivity contribution is 14.0. The molecule has 0 fully saturated rings. The second-order valence-electron chi connectivity index (χ2n) is 5.55. The number of aromatic nitrogens is 2. The van der Waals surface area contributed by atoms with E-state index in [2.05, 4.69) is 25.5 Å². The molecule has 0 unspecified atom stereocenters. The first-order valence-corrected chi connectivity index (χ1v) is 8.73. The zero-order chi connectivity index (χ0) is 19.6. The van der Waals surface area contributed by atoms with E-state index in [1.54, 1.807) is 36.0 Å². The maximum atomic E-state index is 12.8. The lowest BCUT2D eigenvalue weighted by molar-refractivity contribution is -0.0520. The van der Waals surface area contributed by atoms with E-state index < -0.39 is 6.61 Å². The van der Waals surface area contributed by atoms with Gasteiger partial charge in [-0.05, 0) is 26.0 Å². The van der Waals surface area contributed by atoms with Gasteiger partial charge >= 0.3 is 6.61 Å². The number of aryl methyl sites for hydroxylation is 1. The van der Waals surface area contributed by atoms with Crippen molar-refractivity contribution >= 4 is 29.9 Å². The molecule has 1 aromatic heterocycles. The quantitative estimate of drug-likeness (QED) is 0.309. The summed E-state index contributed by atoms with van der Waals surface area (Å²) in [5.74, 6) is 0.849. The Balaban J connectivity index is 0.00000392. The summed E-state index contributed by atoms with van der Waals surface area (Å²) in [5.41, 5.74) is 1.50. The maximum absolute atomic E-state index is 12.8. The highest BCUT2D eigenvalue weighted by Crippen LogP contribution is 2.33. The van der Waals surface area contributed by atoms with Crippen molar-refractivity contribution < 1.29 is 18.3 Å². The molecule has 0 spiro atoms. The topological polar surface area (TPSA) is 72.7 Å². The molecule has 156 valence electrons. The smallest absolute Gasteiger partial charge is 0.387 e. The van der Waals surface area contributed by atoms with Gasteiger partial charge in [0.25, 0.3) is 0 Å². The second kappa shape index (κ2) is 12.4. The highest BCUT2D eigenvalue weighted by Gasteiger charge is 2.15. The molecular formula is C18H26F2IN5O2. The number of nitrogens with one attached hydrogen (secondary N) is 2. The largest absolute Gasteiger partial charge is 0.490 e. The number of hydrogen-bond donors (Lipinski definition) is 2. The molecule has 2 rings (SSSR count). The van der Waals surface area contributed by atoms with Gasteiger partial charge in [-0.1, -0.05) is 12.1 Å². The SMILES string of the molecule is CCNC(=NCc1cccc(OCC)c1OC(F)F)NCc1ccnn1C.I. The van der Waals surface area contributed by atoms with Crippen LogP contribution in [0.1, 0.15) is 25.1 Å². The van der Waals surface area contributed by atoms with E-state index in [0.29, 0.717) is 31.2 Å². The molecule has 7 nitrogen and oxygen atoms in total. The van der Waals surface area contributed by atoms with Gasteiger partial charge in [0, 0.05) is 25.4 Å². The number of hydrogen-bond acceptors (Lipinski definition) is 4. The number of guanidine groups is 1. The molecule has 0 saturated heterocycles. The second-order valence-corrected chi connectivity index (χ2v) is 5.55. The highest BCUT2D eigenvalue weighted by atomic mass is 127. The van der Waals surface area contributed by atoms with Crippen LogP contribution in [0.15, 0.2) is 35.5 Å². The molecule has 0 aliphatic heterocycles. The fourth-order valence-corrected chi connectivity index (χ4v) is 2.43. The zero-order valence-electron chi connectivity index (χ0n) is 16.1. The summed E-state index contributed by atoms with van der Waals surface area (Å²) in [6.07, 6.45) is 1.72. The first-order chi connectivity index (χ1) is 13.0. The molecule has 0 saturated carbocycles. The van der Waals surface area contributed by atoms with Crippen LogP contribution in [0.5, 0.6) is 11.5 Å². The average molecular weight is 509 g/mol. The minimum absolute atomic E-state index is 0. The summed E-state index contributed by atoms with van der Waals surface area (Å²) >= 11 is 0. The van der Waals surface area contributed by atoms with Crippen LogP contribution in [-0.4, -0.2) is 35.5 Å². The van der Waals surface area contributed by atoms with Gasteiger partial charge < -0.3 is 20.1 Å². The summed E-state index contributed by atoms with van der Waals surface area (Å²) in [6.45, 7) is 2.49. The molecule has 2 N–H and O–H groups in total. The standard InChI is InChI=1S/C18H25F2N5O2.HI/c1-4-21-18(23-12-14-9-10-24-25(14)3)22-11-13-7-6-8-15(26-5-2)16(13)27-17(19)20;/h6-10,17H,4-5,11-12H2,1-3H3,(H2,21,22,23);1H. The Morgan fingerprint density at radius 1 is 1.25 bits per heavy atom. The number of benzene rings is 1. The number of ether oxygens (including phenoxy) is 2. The van der Waals surface area contributed by atoms with Crippen LogP contribution in [-0.2, 0) is 20.1 Å². The Bertz CT molecular complexity index is 755. The van der Waals surface area contributed by atoms with Crippen molar-refractivity contribution in [1.82, 2.24) is 20.4 Å². The van der Waals surface area contributed by atoms with E-state index >= 15 is 0 Å². The van der Waals surface area contributed by atoms with Gasteiger partial charge in [0.05, 0.1) is 25.4 Å². The van der Waals surface area contributed by atoms with E-state index in [0.717, 1.165) is 5.69 Å². The number of alkyl halides is 2. The van der Waals surface area contributed by atoms with Crippen molar-refractivity contribution in [2.75, 3.05) is 13.2 Å². The lowest BCUT2D eigenvalue weighted by Crippen LogP contribution is -2.37. The Morgan fingerprint density at radius 2 is 2.04 bits per heavy atom. The molecule has 10 heteroatoms. The Labute approximate surface area is 180 Å². The van der Waals surface area contributed by atoms with Gasteiger partial charge in [-0.2, -0.15) is 13.9 Å². The molecule has 1 aromatic carbocycles.